The van der Waals surface area contributed by atoms with Crippen molar-refractivity contribution in [3.8, 4) is 22.7 Å². The highest BCUT2D eigenvalue weighted by molar-refractivity contribution is 5.90. The summed E-state index contributed by atoms with van der Waals surface area (Å²) in [5.41, 5.74) is 4.51. The van der Waals surface area contributed by atoms with E-state index >= 15 is 0 Å². The van der Waals surface area contributed by atoms with Gasteiger partial charge in [-0.1, -0.05) is 48.5 Å². The van der Waals surface area contributed by atoms with Crippen LogP contribution in [0.2, 0.25) is 0 Å². The molecule has 0 saturated heterocycles. The largest absolute Gasteiger partial charge is 0.488 e. The number of carbonyl (C=O) groups is 1. The van der Waals surface area contributed by atoms with E-state index in [9.17, 15) is 4.79 Å². The maximum atomic E-state index is 12.1. The summed E-state index contributed by atoms with van der Waals surface area (Å²) in [7, 11) is 0. The van der Waals surface area contributed by atoms with Crippen molar-refractivity contribution < 1.29 is 14.3 Å². The Morgan fingerprint density at radius 3 is 2.50 bits per heavy atom. The van der Waals surface area contributed by atoms with Gasteiger partial charge in [0.2, 0.25) is 0 Å². The van der Waals surface area contributed by atoms with Crippen LogP contribution in [0.15, 0.2) is 97.2 Å². The zero-order valence-corrected chi connectivity index (χ0v) is 16.8. The number of esters is 1. The molecule has 0 atom stereocenters. The Bertz CT molecular complexity index is 1130. The molecule has 0 saturated carbocycles. The summed E-state index contributed by atoms with van der Waals surface area (Å²) in [4.78, 5) is 12.1. The Labute approximate surface area is 176 Å². The second kappa shape index (κ2) is 9.14. The molecule has 4 heteroatoms. The molecule has 150 valence electrons. The van der Waals surface area contributed by atoms with Crippen LogP contribution in [0, 0.1) is 0 Å². The Morgan fingerprint density at radius 1 is 0.867 bits per heavy atom. The van der Waals surface area contributed by atoms with Crippen LogP contribution in [0.1, 0.15) is 22.8 Å². The van der Waals surface area contributed by atoms with Crippen LogP contribution >= 0.6 is 0 Å². The van der Waals surface area contributed by atoms with Crippen molar-refractivity contribution in [2.75, 3.05) is 6.61 Å². The zero-order chi connectivity index (χ0) is 20.8. The Hall–Kier alpha value is -3.79. The van der Waals surface area contributed by atoms with E-state index in [1.807, 2.05) is 95.7 Å². The summed E-state index contributed by atoms with van der Waals surface area (Å²) >= 11 is 0. The number of hydrogen-bond acceptors (Lipinski definition) is 3. The minimum Gasteiger partial charge on any atom is -0.488 e. The Morgan fingerprint density at radius 2 is 1.67 bits per heavy atom. The van der Waals surface area contributed by atoms with E-state index in [0.717, 1.165) is 28.3 Å². The van der Waals surface area contributed by atoms with E-state index in [-0.39, 0.29) is 5.97 Å². The molecule has 30 heavy (non-hydrogen) atoms. The number of aromatic nitrogens is 1. The van der Waals surface area contributed by atoms with Gasteiger partial charge in [0.1, 0.15) is 12.4 Å². The topological polar surface area (TPSA) is 40.5 Å². The third kappa shape index (κ3) is 4.28. The number of ether oxygens (including phenoxy) is 2. The summed E-state index contributed by atoms with van der Waals surface area (Å²) in [6.07, 6.45) is 1.98. The number of rotatable bonds is 7. The van der Waals surface area contributed by atoms with Crippen LogP contribution < -0.4 is 4.74 Å². The van der Waals surface area contributed by atoms with E-state index < -0.39 is 0 Å². The van der Waals surface area contributed by atoms with Crippen LogP contribution in [0.4, 0.5) is 0 Å². The summed E-state index contributed by atoms with van der Waals surface area (Å²) in [6.45, 7) is 2.65. The van der Waals surface area contributed by atoms with Gasteiger partial charge in [0.15, 0.2) is 0 Å². The average Bonchev–Trinajstić information content (AvgIpc) is 3.29. The molecule has 0 bridgehead atoms. The van der Waals surface area contributed by atoms with E-state index in [1.54, 1.807) is 13.0 Å². The Balaban J connectivity index is 1.66. The number of benzene rings is 3. The van der Waals surface area contributed by atoms with Crippen LogP contribution in [0.25, 0.3) is 16.9 Å². The van der Waals surface area contributed by atoms with Crippen LogP contribution in [-0.2, 0) is 11.3 Å². The third-order valence-corrected chi connectivity index (χ3v) is 4.78. The normalized spacial score (nSPS) is 10.6. The maximum absolute atomic E-state index is 12.1. The average molecular weight is 397 g/mol. The fraction of sp³-hybridized carbons (Fsp3) is 0.115. The highest BCUT2D eigenvalue weighted by atomic mass is 16.5. The molecule has 3 aromatic carbocycles. The van der Waals surface area contributed by atoms with Crippen molar-refractivity contribution in [1.82, 2.24) is 4.57 Å². The molecule has 0 aliphatic carbocycles. The third-order valence-electron chi connectivity index (χ3n) is 4.78. The first-order valence-electron chi connectivity index (χ1n) is 9.97. The summed E-state index contributed by atoms with van der Waals surface area (Å²) < 4.78 is 13.3. The van der Waals surface area contributed by atoms with E-state index in [0.29, 0.717) is 18.8 Å². The minimum absolute atomic E-state index is 0.320. The maximum Gasteiger partial charge on any atom is 0.338 e. The lowest BCUT2D eigenvalue weighted by atomic mass is 10.1. The molecule has 0 amide bonds. The lowest BCUT2D eigenvalue weighted by Gasteiger charge is -2.15. The first-order valence-corrected chi connectivity index (χ1v) is 9.97. The molecule has 0 aliphatic heterocycles. The lowest BCUT2D eigenvalue weighted by Crippen LogP contribution is -2.06. The number of nitrogens with zero attached hydrogens (tertiary/aromatic N) is 1. The van der Waals surface area contributed by atoms with Crippen molar-refractivity contribution in [1.29, 1.82) is 0 Å². The van der Waals surface area contributed by atoms with Gasteiger partial charge in [0.05, 0.1) is 17.9 Å². The van der Waals surface area contributed by atoms with Gasteiger partial charge < -0.3 is 14.0 Å². The highest BCUT2D eigenvalue weighted by Crippen LogP contribution is 2.32. The molecule has 0 fully saturated rings. The summed E-state index contributed by atoms with van der Waals surface area (Å²) in [5, 5.41) is 0. The first kappa shape index (κ1) is 19.5. The lowest BCUT2D eigenvalue weighted by molar-refractivity contribution is 0.0526. The summed E-state index contributed by atoms with van der Waals surface area (Å²) in [6, 6.07) is 29.6. The molecule has 0 N–H and O–H groups in total. The molecular formula is C26H23NO3. The second-order valence-corrected chi connectivity index (χ2v) is 6.80. The van der Waals surface area contributed by atoms with Crippen LogP contribution in [0.5, 0.6) is 5.75 Å². The highest BCUT2D eigenvalue weighted by Gasteiger charge is 2.13. The van der Waals surface area contributed by atoms with Gasteiger partial charge in [-0.15, -0.1) is 0 Å². The van der Waals surface area contributed by atoms with Gasteiger partial charge in [-0.25, -0.2) is 4.79 Å². The SMILES string of the molecule is CCOC(=O)c1cccc(-n2cccc2-c2ccccc2OCc2ccccc2)c1. The van der Waals surface area contributed by atoms with Crippen molar-refractivity contribution in [3.05, 3.63) is 108 Å². The number of hydrogen-bond donors (Lipinski definition) is 0. The van der Waals surface area contributed by atoms with Gasteiger partial charge >= 0.3 is 5.97 Å². The van der Waals surface area contributed by atoms with E-state index in [1.165, 1.54) is 0 Å². The van der Waals surface area contributed by atoms with Crippen LogP contribution in [-0.4, -0.2) is 17.1 Å². The molecule has 1 aromatic heterocycles. The molecule has 4 nitrogen and oxygen atoms in total. The molecule has 1 heterocycles. The van der Waals surface area contributed by atoms with Gasteiger partial charge in [-0.05, 0) is 55.0 Å². The molecule has 0 aliphatic rings. The molecule has 4 aromatic rings. The number of para-hydroxylation sites is 1. The second-order valence-electron chi connectivity index (χ2n) is 6.80. The van der Waals surface area contributed by atoms with Gasteiger partial charge in [0.25, 0.3) is 0 Å². The van der Waals surface area contributed by atoms with E-state index in [4.69, 9.17) is 9.47 Å². The van der Waals surface area contributed by atoms with Crippen molar-refractivity contribution in [2.24, 2.45) is 0 Å². The van der Waals surface area contributed by atoms with Crippen molar-refractivity contribution in [3.63, 3.8) is 0 Å². The smallest absolute Gasteiger partial charge is 0.338 e. The van der Waals surface area contributed by atoms with Crippen molar-refractivity contribution >= 4 is 5.97 Å². The molecule has 4 rings (SSSR count). The molecular weight excluding hydrogens is 374 g/mol. The predicted molar refractivity (Wildman–Crippen MR) is 118 cm³/mol. The van der Waals surface area contributed by atoms with Gasteiger partial charge in [-0.3, -0.25) is 0 Å². The molecule has 0 radical (unpaired) electrons. The fourth-order valence-electron chi connectivity index (χ4n) is 3.36. The van der Waals surface area contributed by atoms with Crippen molar-refractivity contribution in [2.45, 2.75) is 13.5 Å². The molecule has 0 unspecified atom stereocenters. The fourth-order valence-corrected chi connectivity index (χ4v) is 3.36. The van der Waals surface area contributed by atoms with E-state index in [2.05, 4.69) is 0 Å². The van der Waals surface area contributed by atoms with Crippen LogP contribution in [0.3, 0.4) is 0 Å². The summed E-state index contributed by atoms with van der Waals surface area (Å²) in [5.74, 6) is 0.488. The van der Waals surface area contributed by atoms with Gasteiger partial charge in [-0.2, -0.15) is 0 Å². The first-order chi connectivity index (χ1) is 14.8. The molecule has 0 spiro atoms. The quantitative estimate of drug-likeness (QED) is 0.365. The monoisotopic (exact) mass is 397 g/mol. The zero-order valence-electron chi connectivity index (χ0n) is 16.8. The Kier molecular flexibility index (Phi) is 5.95. The minimum atomic E-state index is -0.320. The standard InChI is InChI=1S/C26H23NO3/c1-2-29-26(28)21-12-8-13-22(18-21)27-17-9-15-24(27)23-14-6-7-16-25(23)30-19-20-10-4-3-5-11-20/h3-18H,2,19H2,1H3. The predicted octanol–water partition coefficient (Wildman–Crippen LogP) is 5.90. The van der Waals surface area contributed by atoms with Gasteiger partial charge in [0, 0.05) is 17.4 Å². The number of carbonyl (C=O) groups excluding carboxylic acids is 1.